The maximum atomic E-state index is 13.8. The summed E-state index contributed by atoms with van der Waals surface area (Å²) in [7, 11) is -3.50. The first kappa shape index (κ1) is 20.3. The molecule has 1 fully saturated rings. The second kappa shape index (κ2) is 8.29. The van der Waals surface area contributed by atoms with Gasteiger partial charge in [0.1, 0.15) is 0 Å². The van der Waals surface area contributed by atoms with Gasteiger partial charge < -0.3 is 9.64 Å². The van der Waals surface area contributed by atoms with Crippen LogP contribution in [0.15, 0.2) is 51.8 Å². The van der Waals surface area contributed by atoms with Gasteiger partial charge in [0.15, 0.2) is 21.4 Å². The van der Waals surface area contributed by atoms with Crippen LogP contribution in [0.3, 0.4) is 0 Å². The number of likely N-dealkylation sites (tertiary alicyclic amines) is 1. The number of carbonyl (C=O) groups is 1. The van der Waals surface area contributed by atoms with E-state index in [1.807, 2.05) is 6.07 Å². The highest BCUT2D eigenvalue weighted by Crippen LogP contribution is 2.27. The second-order valence-corrected chi connectivity index (χ2v) is 9.45. The van der Waals surface area contributed by atoms with Gasteiger partial charge in [0.2, 0.25) is 0 Å². The van der Waals surface area contributed by atoms with Crippen LogP contribution in [0.25, 0.3) is 0 Å². The molecule has 28 heavy (non-hydrogen) atoms. The van der Waals surface area contributed by atoms with Crippen LogP contribution in [0.2, 0.25) is 0 Å². The molecule has 9 heteroatoms. The zero-order valence-corrected chi connectivity index (χ0v) is 17.0. The Labute approximate surface area is 170 Å². The van der Waals surface area contributed by atoms with Crippen LogP contribution in [0.4, 0.5) is 9.18 Å². The van der Waals surface area contributed by atoms with E-state index in [0.29, 0.717) is 0 Å². The predicted molar refractivity (Wildman–Crippen MR) is 103 cm³/mol. The first-order chi connectivity index (χ1) is 13.3. The average molecular weight is 467 g/mol. The van der Waals surface area contributed by atoms with Crippen LogP contribution in [-0.4, -0.2) is 37.8 Å². The summed E-state index contributed by atoms with van der Waals surface area (Å²) in [5.74, 6) is -1.08. The van der Waals surface area contributed by atoms with Crippen molar-refractivity contribution in [3.8, 4) is 11.8 Å². The van der Waals surface area contributed by atoms with Gasteiger partial charge in [0, 0.05) is 23.6 Å². The predicted octanol–water partition coefficient (Wildman–Crippen LogP) is 3.90. The third kappa shape index (κ3) is 4.34. The highest BCUT2D eigenvalue weighted by atomic mass is 79.9. The Morgan fingerprint density at radius 1 is 1.18 bits per heavy atom. The van der Waals surface area contributed by atoms with Gasteiger partial charge in [-0.1, -0.05) is 15.9 Å². The molecule has 0 atom stereocenters. The van der Waals surface area contributed by atoms with E-state index in [1.54, 1.807) is 24.3 Å². The number of piperidine rings is 1. The summed E-state index contributed by atoms with van der Waals surface area (Å²) in [6, 6.07) is 11.8. The number of benzene rings is 2. The van der Waals surface area contributed by atoms with Crippen molar-refractivity contribution >= 4 is 31.9 Å². The molecule has 1 aliphatic rings. The summed E-state index contributed by atoms with van der Waals surface area (Å²) in [4.78, 5) is 13.9. The molecule has 0 N–H and O–H groups in total. The Morgan fingerprint density at radius 2 is 1.82 bits per heavy atom. The SMILES string of the molecule is N#Cc1ccc(F)c(OC(=O)N2CCC(S(=O)(=O)c3ccc(Br)cc3)CC2)c1. The van der Waals surface area contributed by atoms with Crippen molar-refractivity contribution in [2.75, 3.05) is 13.1 Å². The van der Waals surface area contributed by atoms with Crippen molar-refractivity contribution < 1.29 is 22.3 Å². The van der Waals surface area contributed by atoms with Crippen molar-refractivity contribution in [3.63, 3.8) is 0 Å². The van der Waals surface area contributed by atoms with Crippen molar-refractivity contribution in [2.24, 2.45) is 0 Å². The molecular weight excluding hydrogens is 451 g/mol. The number of nitriles is 1. The molecule has 0 radical (unpaired) electrons. The molecule has 146 valence electrons. The summed E-state index contributed by atoms with van der Waals surface area (Å²) in [5.41, 5.74) is 0.170. The zero-order valence-electron chi connectivity index (χ0n) is 14.6. The van der Waals surface area contributed by atoms with E-state index in [4.69, 9.17) is 10.00 Å². The Balaban J connectivity index is 1.64. The fraction of sp³-hybridized carbons (Fsp3) is 0.263. The highest BCUT2D eigenvalue weighted by Gasteiger charge is 2.33. The first-order valence-electron chi connectivity index (χ1n) is 8.47. The minimum atomic E-state index is -3.50. The van der Waals surface area contributed by atoms with Gasteiger partial charge in [-0.25, -0.2) is 17.6 Å². The molecule has 0 spiro atoms. The summed E-state index contributed by atoms with van der Waals surface area (Å²) in [6.07, 6.45) is -0.254. The molecule has 6 nitrogen and oxygen atoms in total. The Kier molecular flexibility index (Phi) is 6.01. The van der Waals surface area contributed by atoms with Crippen LogP contribution < -0.4 is 4.74 Å². The molecule has 2 aromatic carbocycles. The topological polar surface area (TPSA) is 87.5 Å². The van der Waals surface area contributed by atoms with Crippen molar-refractivity contribution in [2.45, 2.75) is 23.0 Å². The number of halogens is 2. The van der Waals surface area contributed by atoms with Crippen LogP contribution >= 0.6 is 15.9 Å². The van der Waals surface area contributed by atoms with E-state index in [1.165, 1.54) is 11.0 Å². The van der Waals surface area contributed by atoms with Crippen LogP contribution in [-0.2, 0) is 9.84 Å². The van der Waals surface area contributed by atoms with Gasteiger partial charge in [0.05, 0.1) is 21.8 Å². The lowest BCUT2D eigenvalue weighted by atomic mass is 10.1. The number of ether oxygens (including phenoxy) is 1. The summed E-state index contributed by atoms with van der Waals surface area (Å²) in [5, 5.41) is 8.27. The average Bonchev–Trinajstić information content (AvgIpc) is 2.70. The lowest BCUT2D eigenvalue weighted by Gasteiger charge is -2.31. The van der Waals surface area contributed by atoms with Gasteiger partial charge in [-0.2, -0.15) is 5.26 Å². The first-order valence-corrected chi connectivity index (χ1v) is 10.8. The molecular formula is C19H16BrFN2O4S. The number of nitrogens with zero attached hydrogens (tertiary/aromatic N) is 2. The minimum Gasteiger partial charge on any atom is -0.407 e. The lowest BCUT2D eigenvalue weighted by molar-refractivity contribution is 0.141. The highest BCUT2D eigenvalue weighted by molar-refractivity contribution is 9.10. The van der Waals surface area contributed by atoms with Crippen molar-refractivity contribution in [3.05, 3.63) is 58.3 Å². The van der Waals surface area contributed by atoms with Crippen LogP contribution in [0.5, 0.6) is 5.75 Å². The molecule has 1 amide bonds. The normalized spacial score (nSPS) is 15.1. The number of hydrogen-bond donors (Lipinski definition) is 0. The molecule has 1 aliphatic heterocycles. The van der Waals surface area contributed by atoms with E-state index in [0.717, 1.165) is 16.6 Å². The molecule has 3 rings (SSSR count). The third-order valence-corrected chi connectivity index (χ3v) is 7.35. The van der Waals surface area contributed by atoms with E-state index in [2.05, 4.69) is 15.9 Å². The Hall–Kier alpha value is -2.44. The van der Waals surface area contributed by atoms with E-state index in [-0.39, 0.29) is 42.1 Å². The van der Waals surface area contributed by atoms with Crippen molar-refractivity contribution in [1.82, 2.24) is 4.90 Å². The summed E-state index contributed by atoms with van der Waals surface area (Å²) >= 11 is 3.28. The van der Waals surface area contributed by atoms with Gasteiger partial charge in [0.25, 0.3) is 0 Å². The van der Waals surface area contributed by atoms with Gasteiger partial charge in [-0.3, -0.25) is 0 Å². The summed E-state index contributed by atoms with van der Waals surface area (Å²) in [6.45, 7) is 0.359. The Bertz CT molecular complexity index is 1030. The van der Waals surface area contributed by atoms with Gasteiger partial charge in [-0.05, 0) is 49.2 Å². The molecule has 1 heterocycles. The maximum Gasteiger partial charge on any atom is 0.415 e. The zero-order chi connectivity index (χ0) is 20.3. The Morgan fingerprint density at radius 3 is 2.43 bits per heavy atom. The number of amides is 1. The largest absolute Gasteiger partial charge is 0.415 e. The molecule has 0 unspecified atom stereocenters. The number of rotatable bonds is 3. The van der Waals surface area contributed by atoms with Gasteiger partial charge in [-0.15, -0.1) is 0 Å². The number of sulfone groups is 1. The molecule has 0 aromatic heterocycles. The fourth-order valence-corrected chi connectivity index (χ4v) is 4.97. The maximum absolute atomic E-state index is 13.8. The smallest absolute Gasteiger partial charge is 0.407 e. The molecule has 0 saturated carbocycles. The molecule has 1 saturated heterocycles. The number of hydrogen-bond acceptors (Lipinski definition) is 5. The number of carbonyl (C=O) groups excluding carboxylic acids is 1. The molecule has 0 bridgehead atoms. The standard InChI is InChI=1S/C19H16BrFN2O4S/c20-14-2-4-15(5-3-14)28(25,26)16-7-9-23(10-8-16)19(24)27-18-11-13(12-22)1-6-17(18)21/h1-6,11,16H,7-10H2. The van der Waals surface area contributed by atoms with Gasteiger partial charge >= 0.3 is 6.09 Å². The third-order valence-electron chi connectivity index (χ3n) is 4.54. The van der Waals surface area contributed by atoms with E-state index in [9.17, 15) is 17.6 Å². The van der Waals surface area contributed by atoms with Crippen molar-refractivity contribution in [1.29, 1.82) is 5.26 Å². The second-order valence-electron chi connectivity index (χ2n) is 6.31. The molecule has 0 aliphatic carbocycles. The molecule has 2 aromatic rings. The van der Waals surface area contributed by atoms with E-state index >= 15 is 0 Å². The lowest BCUT2D eigenvalue weighted by Crippen LogP contribution is -2.43. The summed E-state index contributed by atoms with van der Waals surface area (Å²) < 4.78 is 45.1. The minimum absolute atomic E-state index is 0.170. The van der Waals surface area contributed by atoms with Crippen LogP contribution in [0, 0.1) is 17.1 Å². The fourth-order valence-electron chi connectivity index (χ4n) is 2.98. The van der Waals surface area contributed by atoms with E-state index < -0.39 is 27.0 Å². The quantitative estimate of drug-likeness (QED) is 0.684. The monoisotopic (exact) mass is 466 g/mol. The van der Waals surface area contributed by atoms with Crippen LogP contribution in [0.1, 0.15) is 18.4 Å².